The molecule has 122 valence electrons. The van der Waals surface area contributed by atoms with E-state index < -0.39 is 0 Å². The van der Waals surface area contributed by atoms with Crippen LogP contribution in [-0.4, -0.2) is 0 Å². The molecule has 0 fully saturated rings. The van der Waals surface area contributed by atoms with Gasteiger partial charge in [-0.3, -0.25) is 0 Å². The molecule has 0 N–H and O–H groups in total. The van der Waals surface area contributed by atoms with Gasteiger partial charge in [-0.2, -0.15) is 0 Å². The largest absolute Gasteiger partial charge is 0.0654 e. The summed E-state index contributed by atoms with van der Waals surface area (Å²) in [7, 11) is 0. The van der Waals surface area contributed by atoms with Crippen LogP contribution in [0.5, 0.6) is 0 Å². The van der Waals surface area contributed by atoms with Crippen molar-refractivity contribution in [2.24, 2.45) is 5.92 Å². The molecule has 0 aromatic rings. The van der Waals surface area contributed by atoms with Gasteiger partial charge in [0.15, 0.2) is 0 Å². The van der Waals surface area contributed by atoms with Gasteiger partial charge in [-0.05, 0) is 5.92 Å². The highest BCUT2D eigenvalue weighted by Gasteiger charge is 2.07. The highest BCUT2D eigenvalue weighted by molar-refractivity contribution is 4.61. The first-order chi connectivity index (χ1) is 9.85. The lowest BCUT2D eigenvalue weighted by Crippen LogP contribution is -2.01. The summed E-state index contributed by atoms with van der Waals surface area (Å²) < 4.78 is 0. The van der Waals surface area contributed by atoms with Crippen molar-refractivity contribution in [2.45, 2.75) is 124 Å². The Hall–Kier alpha value is 0. The van der Waals surface area contributed by atoms with Crippen LogP contribution in [0.15, 0.2) is 0 Å². The second kappa shape index (κ2) is 17.1. The van der Waals surface area contributed by atoms with Crippen molar-refractivity contribution in [1.82, 2.24) is 0 Å². The van der Waals surface area contributed by atoms with Crippen molar-refractivity contribution in [1.29, 1.82) is 0 Å². The minimum atomic E-state index is 1.04. The molecule has 20 heavy (non-hydrogen) atoms. The van der Waals surface area contributed by atoms with E-state index in [1.807, 2.05) is 0 Å². The smallest absolute Gasteiger partial charge is 0.0414 e. The Morgan fingerprint density at radius 3 is 1.30 bits per heavy atom. The first-order valence-corrected chi connectivity index (χ1v) is 9.85. The highest BCUT2D eigenvalue weighted by atomic mass is 14.1. The van der Waals surface area contributed by atoms with E-state index in [0.717, 1.165) is 5.92 Å². The molecule has 1 atom stereocenters. The van der Waals surface area contributed by atoms with Gasteiger partial charge < -0.3 is 0 Å². The normalized spacial score (nSPS) is 12.8. The molecule has 0 saturated heterocycles. The van der Waals surface area contributed by atoms with E-state index >= 15 is 0 Å². The summed E-state index contributed by atoms with van der Waals surface area (Å²) in [6.07, 6.45) is 23.3. The van der Waals surface area contributed by atoms with Crippen LogP contribution in [0.1, 0.15) is 124 Å². The molecule has 0 aliphatic carbocycles. The van der Waals surface area contributed by atoms with Gasteiger partial charge in [0.25, 0.3) is 0 Å². The van der Waals surface area contributed by atoms with Crippen molar-refractivity contribution >= 4 is 0 Å². The maximum atomic E-state index is 2.33. The SMILES string of the molecule is CCCCCCCCCCC(CCCC)CCCCC. The number of hydrogen-bond acceptors (Lipinski definition) is 0. The van der Waals surface area contributed by atoms with Crippen LogP contribution in [0.3, 0.4) is 0 Å². The molecule has 0 aromatic carbocycles. The molecule has 0 aliphatic rings. The Labute approximate surface area is 130 Å². The summed E-state index contributed by atoms with van der Waals surface area (Å²) in [5.41, 5.74) is 0. The molecular weight excluding hydrogens is 240 g/mol. The quantitative estimate of drug-likeness (QED) is 0.252. The molecule has 0 radical (unpaired) electrons. The Balaban J connectivity index is 3.46. The first-order valence-electron chi connectivity index (χ1n) is 9.85. The maximum Gasteiger partial charge on any atom is -0.0414 e. The first kappa shape index (κ1) is 20.0. The topological polar surface area (TPSA) is 0 Å². The third-order valence-corrected chi connectivity index (χ3v) is 4.65. The molecule has 0 nitrogen and oxygen atoms in total. The number of unbranched alkanes of at least 4 members (excludes halogenated alkanes) is 10. The Morgan fingerprint density at radius 1 is 0.400 bits per heavy atom. The second-order valence-corrected chi connectivity index (χ2v) is 6.77. The third-order valence-electron chi connectivity index (χ3n) is 4.65. The van der Waals surface area contributed by atoms with Gasteiger partial charge in [0.2, 0.25) is 0 Å². The molecule has 0 bridgehead atoms. The summed E-state index contributed by atoms with van der Waals surface area (Å²) in [6, 6.07) is 0. The van der Waals surface area contributed by atoms with Crippen LogP contribution in [0.2, 0.25) is 0 Å². The van der Waals surface area contributed by atoms with Crippen molar-refractivity contribution < 1.29 is 0 Å². The zero-order valence-corrected chi connectivity index (χ0v) is 14.9. The molecule has 0 aromatic heterocycles. The van der Waals surface area contributed by atoms with Crippen LogP contribution in [-0.2, 0) is 0 Å². The Bertz CT molecular complexity index is 161. The van der Waals surface area contributed by atoms with Gasteiger partial charge in [0.05, 0.1) is 0 Å². The molecule has 0 rings (SSSR count). The van der Waals surface area contributed by atoms with E-state index in [-0.39, 0.29) is 0 Å². The van der Waals surface area contributed by atoms with Crippen molar-refractivity contribution in [2.75, 3.05) is 0 Å². The van der Waals surface area contributed by atoms with Gasteiger partial charge in [-0.15, -0.1) is 0 Å². The minimum absolute atomic E-state index is 1.04. The molecule has 0 heteroatoms. The van der Waals surface area contributed by atoms with Gasteiger partial charge in [0, 0.05) is 0 Å². The molecule has 0 heterocycles. The van der Waals surface area contributed by atoms with E-state index in [1.165, 1.54) is 103 Å². The van der Waals surface area contributed by atoms with Gasteiger partial charge in [-0.1, -0.05) is 124 Å². The van der Waals surface area contributed by atoms with Crippen LogP contribution < -0.4 is 0 Å². The molecular formula is C20H42. The minimum Gasteiger partial charge on any atom is -0.0654 e. The molecule has 0 spiro atoms. The predicted octanol–water partition coefficient (Wildman–Crippen LogP) is 7.90. The summed E-state index contributed by atoms with van der Waals surface area (Å²) in [4.78, 5) is 0. The average Bonchev–Trinajstić information content (AvgIpc) is 2.47. The van der Waals surface area contributed by atoms with Crippen LogP contribution in [0, 0.1) is 5.92 Å². The van der Waals surface area contributed by atoms with Crippen molar-refractivity contribution in [3.63, 3.8) is 0 Å². The fourth-order valence-electron chi connectivity index (χ4n) is 3.18. The van der Waals surface area contributed by atoms with E-state index in [1.54, 1.807) is 0 Å². The zero-order valence-electron chi connectivity index (χ0n) is 14.9. The van der Waals surface area contributed by atoms with Gasteiger partial charge in [0.1, 0.15) is 0 Å². The van der Waals surface area contributed by atoms with E-state index in [4.69, 9.17) is 0 Å². The maximum absolute atomic E-state index is 2.33. The van der Waals surface area contributed by atoms with Crippen LogP contribution >= 0.6 is 0 Å². The highest BCUT2D eigenvalue weighted by Crippen LogP contribution is 2.23. The van der Waals surface area contributed by atoms with Crippen LogP contribution in [0.25, 0.3) is 0 Å². The fourth-order valence-corrected chi connectivity index (χ4v) is 3.18. The standard InChI is InChI=1S/C20H42/c1-4-7-10-11-12-13-14-16-19-20(17-9-6-3)18-15-8-5-2/h20H,4-19H2,1-3H3. The molecule has 0 amide bonds. The fraction of sp³-hybridized carbons (Fsp3) is 1.00. The Morgan fingerprint density at radius 2 is 0.750 bits per heavy atom. The van der Waals surface area contributed by atoms with Gasteiger partial charge in [-0.25, -0.2) is 0 Å². The Kier molecular flexibility index (Phi) is 17.1. The lowest BCUT2D eigenvalue weighted by atomic mass is 9.90. The summed E-state index contributed by atoms with van der Waals surface area (Å²) in [6.45, 7) is 6.95. The summed E-state index contributed by atoms with van der Waals surface area (Å²) in [5, 5.41) is 0. The lowest BCUT2D eigenvalue weighted by Gasteiger charge is -2.16. The van der Waals surface area contributed by atoms with Crippen LogP contribution in [0.4, 0.5) is 0 Å². The lowest BCUT2D eigenvalue weighted by molar-refractivity contribution is 0.373. The van der Waals surface area contributed by atoms with E-state index in [0.29, 0.717) is 0 Å². The zero-order chi connectivity index (χ0) is 14.9. The monoisotopic (exact) mass is 282 g/mol. The second-order valence-electron chi connectivity index (χ2n) is 6.77. The molecule has 0 saturated carbocycles. The number of rotatable bonds is 16. The summed E-state index contributed by atoms with van der Waals surface area (Å²) in [5.74, 6) is 1.04. The summed E-state index contributed by atoms with van der Waals surface area (Å²) >= 11 is 0. The number of hydrogen-bond donors (Lipinski definition) is 0. The van der Waals surface area contributed by atoms with E-state index in [2.05, 4.69) is 20.8 Å². The molecule has 0 aliphatic heterocycles. The average molecular weight is 283 g/mol. The molecule has 1 unspecified atom stereocenters. The predicted molar refractivity (Wildman–Crippen MR) is 94.4 cm³/mol. The van der Waals surface area contributed by atoms with Crippen molar-refractivity contribution in [3.05, 3.63) is 0 Å². The van der Waals surface area contributed by atoms with Gasteiger partial charge >= 0.3 is 0 Å². The van der Waals surface area contributed by atoms with Crippen molar-refractivity contribution in [3.8, 4) is 0 Å². The third kappa shape index (κ3) is 14.4. The van der Waals surface area contributed by atoms with E-state index in [9.17, 15) is 0 Å².